The van der Waals surface area contributed by atoms with Gasteiger partial charge in [-0.05, 0) is 18.6 Å². The lowest BCUT2D eigenvalue weighted by Gasteiger charge is -2.33. The zero-order chi connectivity index (χ0) is 11.5. The largest absolute Gasteiger partial charge is 0.351 e. The van der Waals surface area contributed by atoms with Crippen LogP contribution in [-0.2, 0) is 4.79 Å². The van der Waals surface area contributed by atoms with Crippen LogP contribution in [0, 0.1) is 12.7 Å². The van der Waals surface area contributed by atoms with Crippen molar-refractivity contribution in [2.24, 2.45) is 0 Å². The summed E-state index contributed by atoms with van der Waals surface area (Å²) in [7, 11) is 0. The molecule has 0 radical (unpaired) electrons. The number of piperazine rings is 1. The van der Waals surface area contributed by atoms with Crippen LogP contribution in [0.5, 0.6) is 0 Å². The second-order valence-electron chi connectivity index (χ2n) is 3.95. The molecule has 86 valence electrons. The van der Waals surface area contributed by atoms with Crippen LogP contribution in [0.15, 0.2) is 12.3 Å². The minimum Gasteiger partial charge on any atom is -0.351 e. The molecule has 0 N–H and O–H groups in total. The average Bonchev–Trinajstić information content (AvgIpc) is 2.29. The van der Waals surface area contributed by atoms with Gasteiger partial charge in [0.15, 0.2) is 11.6 Å². The molecule has 0 atom stereocenters. The maximum atomic E-state index is 13.6. The molecule has 0 spiro atoms. The Bertz CT molecular complexity index is 389. The van der Waals surface area contributed by atoms with Gasteiger partial charge in [0.25, 0.3) is 0 Å². The fourth-order valence-corrected chi connectivity index (χ4v) is 1.80. The molecule has 1 aliphatic rings. The van der Waals surface area contributed by atoms with Crippen LogP contribution in [0.1, 0.15) is 5.56 Å². The van der Waals surface area contributed by atoms with Gasteiger partial charge in [-0.3, -0.25) is 4.79 Å². The molecule has 0 saturated carbocycles. The SMILES string of the molecule is Cc1cnc(N2CCN(C=O)CC2)c(F)c1. The normalized spacial score (nSPS) is 16.4. The zero-order valence-electron chi connectivity index (χ0n) is 9.19. The van der Waals surface area contributed by atoms with E-state index in [1.165, 1.54) is 6.07 Å². The summed E-state index contributed by atoms with van der Waals surface area (Å²) in [5, 5.41) is 0. The van der Waals surface area contributed by atoms with Gasteiger partial charge in [0, 0.05) is 32.4 Å². The number of pyridine rings is 1. The minimum atomic E-state index is -0.292. The highest BCUT2D eigenvalue weighted by Gasteiger charge is 2.19. The van der Waals surface area contributed by atoms with Gasteiger partial charge in [-0.1, -0.05) is 0 Å². The summed E-state index contributed by atoms with van der Waals surface area (Å²) in [4.78, 5) is 18.2. The van der Waals surface area contributed by atoms with E-state index in [9.17, 15) is 9.18 Å². The Labute approximate surface area is 93.7 Å². The Morgan fingerprint density at radius 2 is 2.06 bits per heavy atom. The van der Waals surface area contributed by atoms with Crippen molar-refractivity contribution in [1.29, 1.82) is 0 Å². The van der Waals surface area contributed by atoms with E-state index < -0.39 is 0 Å². The van der Waals surface area contributed by atoms with Gasteiger partial charge in [0.1, 0.15) is 0 Å². The second-order valence-corrected chi connectivity index (χ2v) is 3.95. The van der Waals surface area contributed by atoms with Crippen molar-refractivity contribution < 1.29 is 9.18 Å². The second kappa shape index (κ2) is 4.47. The van der Waals surface area contributed by atoms with Gasteiger partial charge < -0.3 is 9.80 Å². The van der Waals surface area contributed by atoms with E-state index in [2.05, 4.69) is 4.98 Å². The van der Waals surface area contributed by atoms with Crippen LogP contribution in [0.2, 0.25) is 0 Å². The summed E-state index contributed by atoms with van der Waals surface area (Å²) in [5.41, 5.74) is 0.813. The molecular formula is C11H14FN3O. The van der Waals surface area contributed by atoms with Gasteiger partial charge >= 0.3 is 0 Å². The highest BCUT2D eigenvalue weighted by atomic mass is 19.1. The van der Waals surface area contributed by atoms with E-state index in [0.717, 1.165) is 12.0 Å². The fourth-order valence-electron chi connectivity index (χ4n) is 1.80. The zero-order valence-corrected chi connectivity index (χ0v) is 9.19. The molecule has 1 amide bonds. The number of anilines is 1. The summed E-state index contributed by atoms with van der Waals surface area (Å²) >= 11 is 0. The van der Waals surface area contributed by atoms with E-state index in [0.29, 0.717) is 32.0 Å². The predicted octanol–water partition coefficient (Wildman–Crippen LogP) is 0.808. The number of carbonyl (C=O) groups is 1. The molecule has 1 aromatic rings. The molecule has 16 heavy (non-hydrogen) atoms. The topological polar surface area (TPSA) is 36.4 Å². The highest BCUT2D eigenvalue weighted by Crippen LogP contribution is 2.18. The van der Waals surface area contributed by atoms with Gasteiger partial charge in [-0.25, -0.2) is 9.37 Å². The molecule has 0 bridgehead atoms. The molecule has 1 aromatic heterocycles. The Morgan fingerprint density at radius 1 is 1.38 bits per heavy atom. The maximum absolute atomic E-state index is 13.6. The summed E-state index contributed by atoms with van der Waals surface area (Å²) < 4.78 is 13.6. The van der Waals surface area contributed by atoms with Crippen LogP contribution in [-0.4, -0.2) is 42.5 Å². The molecule has 0 aromatic carbocycles. The molecule has 1 saturated heterocycles. The van der Waals surface area contributed by atoms with E-state index in [4.69, 9.17) is 0 Å². The molecule has 5 heteroatoms. The van der Waals surface area contributed by atoms with Crippen LogP contribution in [0.4, 0.5) is 10.2 Å². The quantitative estimate of drug-likeness (QED) is 0.696. The van der Waals surface area contributed by atoms with Crippen LogP contribution in [0.25, 0.3) is 0 Å². The third-order valence-electron chi connectivity index (χ3n) is 2.72. The van der Waals surface area contributed by atoms with Gasteiger partial charge in [-0.2, -0.15) is 0 Å². The Hall–Kier alpha value is -1.65. The van der Waals surface area contributed by atoms with E-state index in [-0.39, 0.29) is 5.82 Å². The lowest BCUT2D eigenvalue weighted by molar-refractivity contribution is -0.118. The Kier molecular flexibility index (Phi) is 3.03. The van der Waals surface area contributed by atoms with Crippen molar-refractivity contribution in [3.63, 3.8) is 0 Å². The molecule has 4 nitrogen and oxygen atoms in total. The van der Waals surface area contributed by atoms with Crippen molar-refractivity contribution in [2.45, 2.75) is 6.92 Å². The molecule has 1 aliphatic heterocycles. The number of halogens is 1. The average molecular weight is 223 g/mol. The summed E-state index contributed by atoms with van der Waals surface area (Å²) in [6.45, 7) is 4.32. The number of aryl methyl sites for hydroxylation is 1. The van der Waals surface area contributed by atoms with Crippen molar-refractivity contribution in [3.05, 3.63) is 23.6 Å². The smallest absolute Gasteiger partial charge is 0.209 e. The highest BCUT2D eigenvalue weighted by molar-refractivity contribution is 5.49. The number of aromatic nitrogens is 1. The molecule has 0 unspecified atom stereocenters. The number of hydrogen-bond acceptors (Lipinski definition) is 3. The first-order valence-electron chi connectivity index (χ1n) is 5.27. The first-order valence-corrected chi connectivity index (χ1v) is 5.27. The number of rotatable bonds is 2. The van der Waals surface area contributed by atoms with Crippen LogP contribution >= 0.6 is 0 Å². The number of amides is 1. The van der Waals surface area contributed by atoms with Crippen LogP contribution in [0.3, 0.4) is 0 Å². The first kappa shape index (κ1) is 10.9. The summed E-state index contributed by atoms with van der Waals surface area (Å²) in [5.74, 6) is 0.0932. The van der Waals surface area contributed by atoms with Crippen molar-refractivity contribution in [2.75, 3.05) is 31.1 Å². The van der Waals surface area contributed by atoms with Crippen molar-refractivity contribution in [3.8, 4) is 0 Å². The Balaban J connectivity index is 2.11. The lowest BCUT2D eigenvalue weighted by Crippen LogP contribution is -2.46. The molecule has 0 aliphatic carbocycles. The summed E-state index contributed by atoms with van der Waals surface area (Å²) in [6.07, 6.45) is 2.49. The van der Waals surface area contributed by atoms with E-state index in [1.54, 1.807) is 11.1 Å². The third-order valence-corrected chi connectivity index (χ3v) is 2.72. The first-order chi connectivity index (χ1) is 7.70. The molecule has 2 rings (SSSR count). The van der Waals surface area contributed by atoms with Crippen LogP contribution < -0.4 is 4.90 Å². The van der Waals surface area contributed by atoms with Gasteiger partial charge in [0.05, 0.1) is 0 Å². The van der Waals surface area contributed by atoms with Crippen molar-refractivity contribution in [1.82, 2.24) is 9.88 Å². The van der Waals surface area contributed by atoms with E-state index >= 15 is 0 Å². The Morgan fingerprint density at radius 3 is 2.62 bits per heavy atom. The van der Waals surface area contributed by atoms with E-state index in [1.807, 2.05) is 11.8 Å². The maximum Gasteiger partial charge on any atom is 0.209 e. The van der Waals surface area contributed by atoms with Crippen molar-refractivity contribution >= 4 is 12.2 Å². The van der Waals surface area contributed by atoms with Gasteiger partial charge in [-0.15, -0.1) is 0 Å². The molecule has 1 fully saturated rings. The minimum absolute atomic E-state index is 0.292. The summed E-state index contributed by atoms with van der Waals surface area (Å²) in [6, 6.07) is 1.48. The fraction of sp³-hybridized carbons (Fsp3) is 0.455. The number of carbonyl (C=O) groups excluding carboxylic acids is 1. The molecular weight excluding hydrogens is 209 g/mol. The lowest BCUT2D eigenvalue weighted by atomic mass is 10.2. The third kappa shape index (κ3) is 2.13. The number of nitrogens with zero attached hydrogens (tertiary/aromatic N) is 3. The predicted molar refractivity (Wildman–Crippen MR) is 58.8 cm³/mol. The number of hydrogen-bond donors (Lipinski definition) is 0. The standard InChI is InChI=1S/C11H14FN3O/c1-9-6-10(12)11(13-7-9)15-4-2-14(8-16)3-5-15/h6-8H,2-5H2,1H3. The van der Waals surface area contributed by atoms with Gasteiger partial charge in [0.2, 0.25) is 6.41 Å². The monoisotopic (exact) mass is 223 g/mol. The molecule has 2 heterocycles.